The van der Waals surface area contributed by atoms with Crippen molar-refractivity contribution in [3.8, 4) is 11.3 Å². The molecule has 0 radical (unpaired) electrons. The number of H-pyrrole nitrogens is 1. The lowest BCUT2D eigenvalue weighted by atomic mass is 10.1. The van der Waals surface area contributed by atoms with Crippen LogP contribution in [-0.2, 0) is 6.18 Å². The van der Waals surface area contributed by atoms with Gasteiger partial charge in [-0.15, -0.1) is 0 Å². The van der Waals surface area contributed by atoms with Crippen molar-refractivity contribution in [3.05, 3.63) is 41.3 Å². The number of hydrogen-bond acceptors (Lipinski definition) is 1. The van der Waals surface area contributed by atoms with E-state index in [-0.39, 0.29) is 16.5 Å². The number of imidazole rings is 1. The average molecular weight is 247 g/mol. The summed E-state index contributed by atoms with van der Waals surface area (Å²) in [6, 6.07) is 5.25. The molecule has 0 fully saturated rings. The minimum atomic E-state index is -4.39. The molecule has 0 aliphatic rings. The Morgan fingerprint density at radius 1 is 1.19 bits per heavy atom. The molecule has 84 valence electrons. The number of hydrogen-bond donors (Lipinski definition) is 1. The number of nitrogens with zero attached hydrogens (tertiary/aromatic N) is 1. The van der Waals surface area contributed by atoms with Crippen molar-refractivity contribution in [2.75, 3.05) is 0 Å². The molecule has 1 heterocycles. The van der Waals surface area contributed by atoms with Crippen LogP contribution in [0.1, 0.15) is 5.56 Å². The maximum Gasteiger partial charge on any atom is 0.417 e. The van der Waals surface area contributed by atoms with Gasteiger partial charge in [-0.2, -0.15) is 13.2 Å². The zero-order valence-electron chi connectivity index (χ0n) is 7.85. The number of rotatable bonds is 1. The van der Waals surface area contributed by atoms with Crippen LogP contribution in [0.25, 0.3) is 11.3 Å². The van der Waals surface area contributed by atoms with E-state index in [2.05, 4.69) is 9.97 Å². The second-order valence-corrected chi connectivity index (χ2v) is 3.49. The molecule has 0 spiro atoms. The van der Waals surface area contributed by atoms with E-state index in [1.807, 2.05) is 0 Å². The van der Waals surface area contributed by atoms with Crippen molar-refractivity contribution in [3.63, 3.8) is 0 Å². The molecule has 2 aromatic rings. The predicted molar refractivity (Wildman–Crippen MR) is 54.0 cm³/mol. The molecule has 6 heteroatoms. The number of halogens is 4. The molecule has 1 N–H and O–H groups in total. The maximum atomic E-state index is 12.7. The third-order valence-electron chi connectivity index (χ3n) is 2.07. The van der Waals surface area contributed by atoms with Gasteiger partial charge in [-0.05, 0) is 17.7 Å². The molecule has 16 heavy (non-hydrogen) atoms. The minimum Gasteiger partial charge on any atom is -0.329 e. The quantitative estimate of drug-likeness (QED) is 0.816. The number of nitrogens with one attached hydrogen (secondary N) is 1. The summed E-state index contributed by atoms with van der Waals surface area (Å²) < 4.78 is 38.0. The standard InChI is InChI=1S/C10H6ClF3N2/c11-9-15-5-8(16-9)6-3-1-2-4-7(6)10(12,13)14/h1-5H,(H,15,16). The van der Waals surface area contributed by atoms with Gasteiger partial charge in [-0.3, -0.25) is 0 Å². The van der Waals surface area contributed by atoms with Crippen LogP contribution in [-0.4, -0.2) is 9.97 Å². The zero-order chi connectivity index (χ0) is 11.8. The first kappa shape index (κ1) is 11.0. The van der Waals surface area contributed by atoms with Crippen LogP contribution in [0.3, 0.4) is 0 Å². The molecule has 0 unspecified atom stereocenters. The summed E-state index contributed by atoms with van der Waals surface area (Å²) in [5.74, 6) is 0. The Hall–Kier alpha value is -1.49. The summed E-state index contributed by atoms with van der Waals surface area (Å²) in [5.41, 5.74) is -0.428. The summed E-state index contributed by atoms with van der Waals surface area (Å²) >= 11 is 5.53. The van der Waals surface area contributed by atoms with Crippen molar-refractivity contribution in [2.24, 2.45) is 0 Å². The van der Waals surface area contributed by atoms with Crippen molar-refractivity contribution in [2.45, 2.75) is 6.18 Å². The van der Waals surface area contributed by atoms with E-state index in [1.165, 1.54) is 24.4 Å². The van der Waals surface area contributed by atoms with Gasteiger partial charge >= 0.3 is 6.18 Å². The minimum absolute atomic E-state index is 0.0365. The molecule has 0 aliphatic carbocycles. The third-order valence-corrected chi connectivity index (χ3v) is 2.26. The molecule has 0 aliphatic heterocycles. The highest BCUT2D eigenvalue weighted by atomic mass is 35.5. The second-order valence-electron chi connectivity index (χ2n) is 3.13. The fourth-order valence-corrected chi connectivity index (χ4v) is 1.55. The molecule has 0 amide bonds. The highest BCUT2D eigenvalue weighted by Crippen LogP contribution is 2.36. The van der Waals surface area contributed by atoms with Gasteiger partial charge in [0.05, 0.1) is 17.5 Å². The summed E-state index contributed by atoms with van der Waals surface area (Å²) in [4.78, 5) is 6.22. The third kappa shape index (κ3) is 2.04. The lowest BCUT2D eigenvalue weighted by molar-refractivity contribution is -0.137. The highest BCUT2D eigenvalue weighted by molar-refractivity contribution is 6.28. The van der Waals surface area contributed by atoms with Crippen LogP contribution in [0.5, 0.6) is 0 Å². The SMILES string of the molecule is FC(F)(F)c1ccccc1-c1cnc(Cl)[nH]1. The normalized spacial score (nSPS) is 11.8. The number of aromatic nitrogens is 2. The van der Waals surface area contributed by atoms with Crippen molar-refractivity contribution < 1.29 is 13.2 Å². The number of aromatic amines is 1. The van der Waals surface area contributed by atoms with E-state index in [9.17, 15) is 13.2 Å². The van der Waals surface area contributed by atoms with Crippen LogP contribution in [0, 0.1) is 0 Å². The Labute approximate surface area is 94.1 Å². The molecule has 0 bridgehead atoms. The molecular weight excluding hydrogens is 241 g/mol. The van der Waals surface area contributed by atoms with Crippen molar-refractivity contribution in [1.29, 1.82) is 0 Å². The summed E-state index contributed by atoms with van der Waals surface area (Å²) in [7, 11) is 0. The Morgan fingerprint density at radius 3 is 2.44 bits per heavy atom. The zero-order valence-corrected chi connectivity index (χ0v) is 8.60. The Kier molecular flexibility index (Phi) is 2.63. The van der Waals surface area contributed by atoms with Crippen LogP contribution in [0.15, 0.2) is 30.5 Å². The van der Waals surface area contributed by atoms with Crippen molar-refractivity contribution in [1.82, 2.24) is 9.97 Å². The Morgan fingerprint density at radius 2 is 1.88 bits per heavy atom. The van der Waals surface area contributed by atoms with E-state index in [0.717, 1.165) is 6.07 Å². The van der Waals surface area contributed by atoms with Crippen LogP contribution >= 0.6 is 11.6 Å². The van der Waals surface area contributed by atoms with Gasteiger partial charge < -0.3 is 4.98 Å². The van der Waals surface area contributed by atoms with Gasteiger partial charge in [0.1, 0.15) is 0 Å². The maximum absolute atomic E-state index is 12.7. The highest BCUT2D eigenvalue weighted by Gasteiger charge is 2.33. The fraction of sp³-hybridized carbons (Fsp3) is 0.100. The van der Waals surface area contributed by atoms with Gasteiger partial charge in [0.2, 0.25) is 0 Å². The predicted octanol–water partition coefficient (Wildman–Crippen LogP) is 3.75. The second kappa shape index (κ2) is 3.83. The average Bonchev–Trinajstić information content (AvgIpc) is 2.64. The number of alkyl halides is 3. The molecule has 1 aromatic heterocycles. The fourth-order valence-electron chi connectivity index (χ4n) is 1.40. The molecular formula is C10H6ClF3N2. The lowest BCUT2D eigenvalue weighted by Crippen LogP contribution is -2.06. The van der Waals surface area contributed by atoms with E-state index < -0.39 is 11.7 Å². The molecule has 2 nitrogen and oxygen atoms in total. The first-order valence-corrected chi connectivity index (χ1v) is 4.73. The lowest BCUT2D eigenvalue weighted by Gasteiger charge is -2.10. The van der Waals surface area contributed by atoms with Crippen LogP contribution in [0.4, 0.5) is 13.2 Å². The van der Waals surface area contributed by atoms with E-state index in [1.54, 1.807) is 0 Å². The summed E-state index contributed by atoms with van der Waals surface area (Å²) in [5, 5.41) is 0.0620. The first-order chi connectivity index (χ1) is 7.48. The molecule has 1 aromatic carbocycles. The van der Waals surface area contributed by atoms with Crippen LogP contribution in [0.2, 0.25) is 5.28 Å². The van der Waals surface area contributed by atoms with Gasteiger partial charge in [-0.25, -0.2) is 4.98 Å². The summed E-state index contributed by atoms with van der Waals surface area (Å²) in [6.45, 7) is 0. The largest absolute Gasteiger partial charge is 0.417 e. The first-order valence-electron chi connectivity index (χ1n) is 4.35. The molecule has 0 atom stereocenters. The molecule has 0 saturated heterocycles. The smallest absolute Gasteiger partial charge is 0.329 e. The van der Waals surface area contributed by atoms with Gasteiger partial charge in [0.25, 0.3) is 0 Å². The molecule has 0 saturated carbocycles. The number of benzene rings is 1. The monoisotopic (exact) mass is 246 g/mol. The van der Waals surface area contributed by atoms with E-state index >= 15 is 0 Å². The van der Waals surface area contributed by atoms with Gasteiger partial charge in [-0.1, -0.05) is 18.2 Å². The topological polar surface area (TPSA) is 28.7 Å². The van der Waals surface area contributed by atoms with Gasteiger partial charge in [0.15, 0.2) is 5.28 Å². The van der Waals surface area contributed by atoms with Crippen molar-refractivity contribution >= 4 is 11.6 Å². The van der Waals surface area contributed by atoms with E-state index in [4.69, 9.17) is 11.6 Å². The van der Waals surface area contributed by atoms with Crippen LogP contribution < -0.4 is 0 Å². The molecule has 2 rings (SSSR count). The van der Waals surface area contributed by atoms with E-state index in [0.29, 0.717) is 0 Å². The Bertz CT molecular complexity index is 505. The summed E-state index contributed by atoms with van der Waals surface area (Å²) in [6.07, 6.45) is -3.12. The van der Waals surface area contributed by atoms with Gasteiger partial charge in [0, 0.05) is 5.56 Å². The Balaban J connectivity index is 2.57.